The Morgan fingerprint density at radius 1 is 0.512 bits per heavy atom. The number of carbonyl (C=O) groups excluding carboxylic acids is 16. The number of aromatic nitrogens is 1. The van der Waals surface area contributed by atoms with Crippen LogP contribution in [-0.2, 0) is 120 Å². The van der Waals surface area contributed by atoms with Crippen molar-refractivity contribution in [3.8, 4) is 5.75 Å². The van der Waals surface area contributed by atoms with Crippen LogP contribution in [0.3, 0.4) is 0 Å². The Labute approximate surface area is 756 Å². The van der Waals surface area contributed by atoms with Crippen LogP contribution >= 0.6 is 11.8 Å². The second-order valence-corrected chi connectivity index (χ2v) is 34.9. The van der Waals surface area contributed by atoms with Gasteiger partial charge < -0.3 is 82.7 Å². The highest BCUT2D eigenvalue weighted by Gasteiger charge is 2.42. The molecular weight excluding hydrogens is 1670 g/mol. The first-order valence-electron chi connectivity index (χ1n) is 43.4. The summed E-state index contributed by atoms with van der Waals surface area (Å²) in [7, 11) is 6.84. The number of H-pyrrole nitrogens is 1. The number of likely N-dealkylation sites (N-methyl/N-ethyl adjacent to an activating group) is 5. The third kappa shape index (κ3) is 30.9. The van der Waals surface area contributed by atoms with Gasteiger partial charge in [-0.15, -0.1) is 11.8 Å². The van der Waals surface area contributed by atoms with Crippen molar-refractivity contribution in [2.45, 2.75) is 179 Å². The maximum Gasteiger partial charge on any atom is 0.293 e. The van der Waals surface area contributed by atoms with E-state index in [9.17, 15) is 38.7 Å². The molecule has 129 heavy (non-hydrogen) atoms. The zero-order valence-electron chi connectivity index (χ0n) is 74.9. The topological polar surface area (TPSA) is 459 Å². The van der Waals surface area contributed by atoms with E-state index in [0.29, 0.717) is 62.8 Å². The lowest BCUT2D eigenvalue weighted by atomic mass is 9.84. The molecule has 6 aromatic carbocycles. The van der Waals surface area contributed by atoms with Gasteiger partial charge in [0.15, 0.2) is 11.6 Å². The van der Waals surface area contributed by atoms with Crippen molar-refractivity contribution < 1.29 is 86.6 Å². The molecule has 1 saturated heterocycles. The van der Waals surface area contributed by atoms with Crippen molar-refractivity contribution >= 4 is 123 Å². The van der Waals surface area contributed by atoms with Gasteiger partial charge in [0.2, 0.25) is 70.9 Å². The van der Waals surface area contributed by atoms with Gasteiger partial charge in [0.05, 0.1) is 30.8 Å². The second kappa shape index (κ2) is 49.9. The van der Waals surface area contributed by atoms with E-state index in [4.69, 9.17) is 16.2 Å². The smallest absolute Gasteiger partial charge is 0.293 e. The number of amides is 12. The van der Waals surface area contributed by atoms with Crippen LogP contribution in [0, 0.1) is 23.7 Å². The summed E-state index contributed by atoms with van der Waals surface area (Å²) in [6.07, 6.45) is -0.353. The number of unbranched alkanes of at least 4 members (excludes halogenated alkanes) is 1. The fourth-order valence-corrected chi connectivity index (χ4v) is 16.5. The molecule has 0 saturated carbocycles. The van der Waals surface area contributed by atoms with Gasteiger partial charge in [-0.3, -0.25) is 76.7 Å². The van der Waals surface area contributed by atoms with Crippen LogP contribution in [-0.4, -0.2) is 250 Å². The monoisotopic (exact) mass is 1790 g/mol. The molecule has 1 fully saturated rings. The molecule has 1 aliphatic heterocycles. The number of phenolic OH excluding ortho intramolecular Hbond substituents is 1. The van der Waals surface area contributed by atoms with E-state index in [0.717, 1.165) is 21.6 Å². The zero-order chi connectivity index (χ0) is 94.1. The van der Waals surface area contributed by atoms with Gasteiger partial charge in [0.1, 0.15) is 66.5 Å². The minimum Gasteiger partial charge on any atom is -0.508 e. The Hall–Kier alpha value is -13.1. The lowest BCUT2D eigenvalue weighted by Crippen LogP contribution is -2.59. The molecule has 0 bridgehead atoms. The van der Waals surface area contributed by atoms with Crippen LogP contribution in [0.25, 0.3) is 10.9 Å². The fraction of sp³-hybridized carbons (Fsp3) is 0.438. The number of benzene rings is 6. The summed E-state index contributed by atoms with van der Waals surface area (Å²) in [5, 5.41) is 27.9. The fourth-order valence-electron chi connectivity index (χ4n) is 15.6. The summed E-state index contributed by atoms with van der Waals surface area (Å²) in [4.78, 5) is 244. The van der Waals surface area contributed by atoms with Gasteiger partial charge in [0, 0.05) is 134 Å². The van der Waals surface area contributed by atoms with E-state index in [2.05, 4.69) is 36.9 Å². The number of ether oxygens (including phenoxy) is 1. The Balaban J connectivity index is 1.21. The number of aromatic amines is 1. The minimum absolute atomic E-state index is 0.0467. The summed E-state index contributed by atoms with van der Waals surface area (Å²) < 4.78 is 5.16. The van der Waals surface area contributed by atoms with Crippen molar-refractivity contribution in [1.82, 2.24) is 61.4 Å². The summed E-state index contributed by atoms with van der Waals surface area (Å²) in [5.74, 6) is -15.9. The number of Topliss-reactive ketones (excluding diaryl/α,β-unsaturated/α-hetero) is 3. The molecule has 690 valence electrons. The zero-order valence-corrected chi connectivity index (χ0v) is 75.7. The molecule has 0 spiro atoms. The summed E-state index contributed by atoms with van der Waals surface area (Å²) >= 11 is 0.891. The molecule has 12 N–H and O–H groups in total. The van der Waals surface area contributed by atoms with Crippen LogP contribution in [0.2, 0.25) is 0 Å². The predicted molar refractivity (Wildman–Crippen MR) is 488 cm³/mol. The van der Waals surface area contributed by atoms with Crippen molar-refractivity contribution in [3.05, 3.63) is 203 Å². The number of hydrogen-bond acceptors (Lipinski definition) is 20. The van der Waals surface area contributed by atoms with Gasteiger partial charge in [-0.2, -0.15) is 0 Å². The summed E-state index contributed by atoms with van der Waals surface area (Å²) in [6, 6.07) is 32.7. The molecule has 1 aliphatic rings. The van der Waals surface area contributed by atoms with E-state index in [1.165, 1.54) is 74.2 Å². The molecule has 33 heteroatoms. The van der Waals surface area contributed by atoms with E-state index >= 15 is 43.2 Å². The van der Waals surface area contributed by atoms with Crippen molar-refractivity contribution in [3.63, 3.8) is 0 Å². The molecule has 2 heterocycles. The Bertz CT molecular complexity index is 5020. The maximum absolute atomic E-state index is 15.6. The van der Waals surface area contributed by atoms with E-state index in [1.807, 2.05) is 6.92 Å². The highest BCUT2D eigenvalue weighted by molar-refractivity contribution is 8.00. The number of phenols is 1. The standard InChI is InChI=1S/C96H122N14O18S/c1-11-12-32-80-95(126)106(6)53-70(113)49-67(55-128-58-111)84(115)51-72(60(4)5)92(123)109(9)81(47-62-26-18-14-19-27-62)91(122)104-77(46-65-35-39-69(112)40-36-65)93(124)107(7)54-86(117)100-76(50-66-52-99-73-31-23-22-30-71(66)73)90(121)103-75(44-64-33-37-68(97)38-34-64)89(120)102-74(43-59(2)3)88(119)105-79(83(114)41-42-85(98)116)56-129-57-87(118)101-78(45-61-24-16-13-17-25-61)94(125)110(10)82(96(127)108(80)8)48-63-28-20-15-21-29-63/h13-31,33-40,52,58-60,67,72,74-82,99,112H,11-12,32,41-51,53-57,97H2,1-10H3,(H2,98,116)(H,100,117)(H,101,118)(H,102,120)(H,103,121)(H,104,122)(H,105,119)/t67-,72-,74-,75-,76-,77-,78-,79-,80-,81-,82-/m0/s1. The number of nitrogens with one attached hydrogen (secondary N) is 7. The quantitative estimate of drug-likeness (QED) is 0.0256. The maximum atomic E-state index is 15.6. The van der Waals surface area contributed by atoms with Gasteiger partial charge in [0.25, 0.3) is 6.47 Å². The molecule has 0 radical (unpaired) electrons. The number of primary amides is 1. The number of aromatic hydroxyl groups is 1. The number of rotatable bonds is 25. The lowest BCUT2D eigenvalue weighted by molar-refractivity contribution is -0.151. The third-order valence-corrected chi connectivity index (χ3v) is 24.0. The first-order chi connectivity index (χ1) is 61.5. The van der Waals surface area contributed by atoms with Crippen LogP contribution in [0.5, 0.6) is 5.75 Å². The molecule has 7 aromatic rings. The Morgan fingerprint density at radius 3 is 1.59 bits per heavy atom. The SMILES string of the molecule is CCCC[C@H]1C(=O)N(C)CC(=O)C[C@@H](COC=O)C(=O)C[C@@H](C(C)C)C(=O)N(C)[C@@H](Cc2ccccc2)C(=O)N[C@@H](Cc2ccc(O)cc2)C(=O)N(C)CC(=O)N[C@@H](Cc2c[nH]c3ccccc23)C(=O)N[C@@H](Cc2ccc(N)cc2)C(=O)N[C@@H](CC(C)C)C(=O)N[C@H](C(=O)CCC(N)=O)CSCC(=O)N[C@@H](Cc2ccccc2)C(=O)N(C)[C@@H](Cc2ccccc2)C(=O)N1C. The summed E-state index contributed by atoms with van der Waals surface area (Å²) in [5.41, 5.74) is 16.0. The molecule has 8 rings (SSSR count). The van der Waals surface area contributed by atoms with Crippen LogP contribution in [0.1, 0.15) is 119 Å². The number of nitrogens with zero attached hydrogens (tertiary/aromatic N) is 5. The number of hydrogen-bond donors (Lipinski definition) is 10. The third-order valence-electron chi connectivity index (χ3n) is 23.0. The molecule has 1 aromatic heterocycles. The average molecular weight is 1790 g/mol. The lowest BCUT2D eigenvalue weighted by Gasteiger charge is -2.37. The summed E-state index contributed by atoms with van der Waals surface area (Å²) in [6.45, 7) is 6.93. The highest BCUT2D eigenvalue weighted by Crippen LogP contribution is 2.28. The van der Waals surface area contributed by atoms with Gasteiger partial charge in [-0.1, -0.05) is 181 Å². The molecule has 11 atom stereocenters. The van der Waals surface area contributed by atoms with Crippen molar-refractivity contribution in [2.24, 2.45) is 29.4 Å². The number of ketones is 3. The van der Waals surface area contributed by atoms with E-state index in [1.54, 1.807) is 173 Å². The van der Waals surface area contributed by atoms with Crippen LogP contribution < -0.4 is 43.4 Å². The van der Waals surface area contributed by atoms with Crippen molar-refractivity contribution in [1.29, 1.82) is 0 Å². The van der Waals surface area contributed by atoms with Crippen molar-refractivity contribution in [2.75, 3.05) is 72.2 Å². The number of thioether (sulfide) groups is 1. The van der Waals surface area contributed by atoms with Gasteiger partial charge in [-0.25, -0.2) is 0 Å². The predicted octanol–water partition coefficient (Wildman–Crippen LogP) is 5.32. The number of anilines is 1. The average Bonchev–Trinajstić information content (AvgIpc) is 1.80. The molecule has 0 unspecified atom stereocenters. The van der Waals surface area contributed by atoms with E-state index in [-0.39, 0.29) is 75.3 Å². The van der Waals surface area contributed by atoms with E-state index < -0.39 is 211 Å². The largest absolute Gasteiger partial charge is 0.508 e. The molecule has 0 aliphatic carbocycles. The van der Waals surface area contributed by atoms with Crippen LogP contribution in [0.15, 0.2) is 170 Å². The highest BCUT2D eigenvalue weighted by atomic mass is 32.2. The number of para-hydroxylation sites is 1. The first kappa shape index (κ1) is 101. The van der Waals surface area contributed by atoms with Crippen LogP contribution in [0.4, 0.5) is 5.69 Å². The number of fused-ring (bicyclic) bond motifs is 1. The normalized spacial score (nSPS) is 22.0. The molecule has 32 nitrogen and oxygen atoms in total. The second-order valence-electron chi connectivity index (χ2n) is 33.8. The minimum atomic E-state index is -1.53. The number of carbonyl (C=O) groups is 16. The van der Waals surface area contributed by atoms with Gasteiger partial charge >= 0.3 is 0 Å². The first-order valence-corrected chi connectivity index (χ1v) is 44.6. The molecular formula is C96H122N14O18S. The number of nitrogen functional groups attached to an aromatic ring is 1. The number of nitrogens with two attached hydrogens (primary N) is 2. The van der Waals surface area contributed by atoms with Gasteiger partial charge in [-0.05, 0) is 88.4 Å². The molecule has 12 amide bonds. The Kier molecular flexibility index (Phi) is 39.2. The Morgan fingerprint density at radius 2 is 1.01 bits per heavy atom.